The summed E-state index contributed by atoms with van der Waals surface area (Å²) >= 11 is 7.26. The molecule has 1 heterocycles. The van der Waals surface area contributed by atoms with E-state index in [2.05, 4.69) is 4.99 Å². The molecule has 0 radical (unpaired) electrons. The van der Waals surface area contributed by atoms with Gasteiger partial charge in [0, 0.05) is 4.88 Å². The Labute approximate surface area is 185 Å². The Balaban J connectivity index is 2.05. The normalized spacial score (nSPS) is 13.5. The first-order valence-corrected chi connectivity index (χ1v) is 11.3. The van der Waals surface area contributed by atoms with E-state index < -0.39 is 21.9 Å². The molecule has 0 fully saturated rings. The van der Waals surface area contributed by atoms with E-state index in [4.69, 9.17) is 22.5 Å². The largest absolute Gasteiger partial charge is 0.430 e. The van der Waals surface area contributed by atoms with Gasteiger partial charge in [0.2, 0.25) is 10.0 Å². The summed E-state index contributed by atoms with van der Waals surface area (Å²) in [6, 6.07) is 15.6. The second-order valence-electron chi connectivity index (χ2n) is 6.28. The molecule has 0 atom stereocenters. The van der Waals surface area contributed by atoms with Crippen LogP contribution in [-0.2, 0) is 10.0 Å². The van der Waals surface area contributed by atoms with Crippen LogP contribution in [-0.4, -0.2) is 20.3 Å². The van der Waals surface area contributed by atoms with E-state index in [1.54, 1.807) is 48.5 Å². The maximum Gasteiger partial charge on any atom is 0.430 e. The van der Waals surface area contributed by atoms with E-state index in [0.717, 1.165) is 17.4 Å². The molecule has 1 aromatic heterocycles. The van der Waals surface area contributed by atoms with Crippen molar-refractivity contribution in [3.05, 3.63) is 82.3 Å². The van der Waals surface area contributed by atoms with Crippen LogP contribution in [0.1, 0.15) is 4.88 Å². The van der Waals surface area contributed by atoms with Gasteiger partial charge in [0.15, 0.2) is 0 Å². The lowest BCUT2D eigenvalue weighted by Gasteiger charge is -2.08. The summed E-state index contributed by atoms with van der Waals surface area (Å²) in [5, 5.41) is 5.37. The van der Waals surface area contributed by atoms with E-state index in [-0.39, 0.29) is 21.3 Å². The van der Waals surface area contributed by atoms with Gasteiger partial charge in [-0.15, -0.1) is 11.3 Å². The third-order valence-corrected chi connectivity index (χ3v) is 6.44. The Bertz CT molecular complexity index is 1270. The fourth-order valence-corrected chi connectivity index (χ4v) is 4.16. The minimum Gasteiger partial charge on any atom is -0.395 e. The summed E-state index contributed by atoms with van der Waals surface area (Å²) in [4.78, 5) is 5.33. The number of hydrogen-bond acceptors (Lipinski definition) is 5. The molecular formula is C20H15ClF3N3O2S2. The molecule has 11 heteroatoms. The van der Waals surface area contributed by atoms with E-state index >= 15 is 0 Å². The Morgan fingerprint density at radius 3 is 2.26 bits per heavy atom. The number of thiophene rings is 1. The fraction of sp³-hybridized carbons (Fsp3) is 0.0500. The Morgan fingerprint density at radius 2 is 1.68 bits per heavy atom. The van der Waals surface area contributed by atoms with Crippen molar-refractivity contribution in [3.63, 3.8) is 0 Å². The van der Waals surface area contributed by atoms with Crippen LogP contribution in [0.25, 0.3) is 10.4 Å². The monoisotopic (exact) mass is 485 g/mol. The van der Waals surface area contributed by atoms with Crippen LogP contribution >= 0.6 is 22.9 Å². The summed E-state index contributed by atoms with van der Waals surface area (Å²) in [6.45, 7) is 0. The second kappa shape index (κ2) is 8.83. The number of rotatable bonds is 5. The molecule has 0 aliphatic carbocycles. The van der Waals surface area contributed by atoms with Gasteiger partial charge in [-0.1, -0.05) is 35.9 Å². The number of benzene rings is 2. The average Bonchev–Trinajstić information content (AvgIpc) is 3.18. The zero-order valence-electron chi connectivity index (χ0n) is 15.6. The van der Waals surface area contributed by atoms with Gasteiger partial charge in [0.05, 0.1) is 26.2 Å². The maximum atomic E-state index is 13.0. The second-order valence-corrected chi connectivity index (χ2v) is 9.33. The molecule has 0 unspecified atom stereocenters. The third kappa shape index (κ3) is 5.73. The highest BCUT2D eigenvalue weighted by Crippen LogP contribution is 2.32. The van der Waals surface area contributed by atoms with E-state index in [1.165, 1.54) is 12.1 Å². The summed E-state index contributed by atoms with van der Waals surface area (Å²) in [7, 11) is -3.83. The molecule has 0 aliphatic rings. The molecule has 2 aromatic carbocycles. The van der Waals surface area contributed by atoms with Crippen molar-refractivity contribution >= 4 is 44.4 Å². The Kier molecular flexibility index (Phi) is 6.56. The number of para-hydroxylation sites is 1. The minimum atomic E-state index is -4.72. The molecule has 5 nitrogen and oxygen atoms in total. The number of sulfonamides is 1. The van der Waals surface area contributed by atoms with E-state index in [0.29, 0.717) is 15.3 Å². The van der Waals surface area contributed by atoms with Gasteiger partial charge < -0.3 is 5.73 Å². The zero-order valence-corrected chi connectivity index (χ0v) is 18.0. The van der Waals surface area contributed by atoms with Crippen molar-refractivity contribution in [2.45, 2.75) is 11.1 Å². The molecule has 0 saturated carbocycles. The van der Waals surface area contributed by atoms with E-state index in [9.17, 15) is 21.6 Å². The number of alkyl halides is 3. The van der Waals surface area contributed by atoms with Gasteiger partial charge in [0.1, 0.15) is 5.70 Å². The van der Waals surface area contributed by atoms with Crippen LogP contribution in [0.5, 0.6) is 0 Å². The van der Waals surface area contributed by atoms with Gasteiger partial charge >= 0.3 is 6.18 Å². The SMILES string of the molecule is N/C(=C\C(=Nc1ccccc1Cl)c1ccc(-c2ccc(S(N)(=O)=O)cc2)s1)C(F)(F)F. The number of aliphatic imine (C=N–C) groups is 1. The molecule has 0 saturated heterocycles. The molecule has 3 aromatic rings. The summed E-state index contributed by atoms with van der Waals surface area (Å²) in [5.41, 5.74) is 4.85. The highest BCUT2D eigenvalue weighted by Gasteiger charge is 2.32. The van der Waals surface area contributed by atoms with Crippen molar-refractivity contribution in [1.82, 2.24) is 0 Å². The number of halogens is 4. The van der Waals surface area contributed by atoms with Gasteiger partial charge in [0.25, 0.3) is 0 Å². The van der Waals surface area contributed by atoms with Crippen LogP contribution in [0.2, 0.25) is 5.02 Å². The third-order valence-electron chi connectivity index (χ3n) is 4.04. The van der Waals surface area contributed by atoms with Crippen molar-refractivity contribution in [2.24, 2.45) is 15.9 Å². The molecule has 4 N–H and O–H groups in total. The first-order chi connectivity index (χ1) is 14.4. The lowest BCUT2D eigenvalue weighted by molar-refractivity contribution is -0.0925. The predicted octanol–water partition coefficient (Wildman–Crippen LogP) is 5.24. The topological polar surface area (TPSA) is 98.5 Å². The van der Waals surface area contributed by atoms with Gasteiger partial charge in [-0.05, 0) is 48.0 Å². The van der Waals surface area contributed by atoms with Gasteiger partial charge in [-0.25, -0.2) is 18.5 Å². The summed E-state index contributed by atoms with van der Waals surface area (Å²) in [6.07, 6.45) is -3.96. The standard InChI is InChI=1S/C20H15ClF3N3O2S2/c21-14-3-1-2-4-15(14)27-16(11-19(25)20(22,23)24)18-10-9-17(30-18)12-5-7-13(8-6-12)31(26,28)29/h1-11H,25H2,(H2,26,28,29)/b19-11-,27-16?. The fourth-order valence-electron chi connectivity index (χ4n) is 2.50. The van der Waals surface area contributed by atoms with Crippen LogP contribution in [0.15, 0.2) is 82.3 Å². The first kappa shape index (κ1) is 23.0. The number of hydrogen-bond donors (Lipinski definition) is 2. The van der Waals surface area contributed by atoms with Gasteiger partial charge in [-0.2, -0.15) is 13.2 Å². The maximum absolute atomic E-state index is 13.0. The number of allylic oxidation sites excluding steroid dienone is 2. The molecule has 0 amide bonds. The van der Waals surface area contributed by atoms with Gasteiger partial charge in [-0.3, -0.25) is 0 Å². The van der Waals surface area contributed by atoms with Crippen LogP contribution < -0.4 is 10.9 Å². The molecule has 31 heavy (non-hydrogen) atoms. The molecule has 0 spiro atoms. The van der Waals surface area contributed by atoms with Crippen LogP contribution in [0.3, 0.4) is 0 Å². The quantitative estimate of drug-likeness (QED) is 0.483. The smallest absolute Gasteiger partial charge is 0.395 e. The number of primary sulfonamides is 1. The number of nitrogens with two attached hydrogens (primary N) is 2. The van der Waals surface area contributed by atoms with Crippen LogP contribution in [0.4, 0.5) is 18.9 Å². The van der Waals surface area contributed by atoms with E-state index in [1.807, 2.05) is 0 Å². The summed E-state index contributed by atoms with van der Waals surface area (Å²) < 4.78 is 61.9. The molecule has 0 bridgehead atoms. The molecule has 0 aliphatic heterocycles. The lowest BCUT2D eigenvalue weighted by atomic mass is 10.2. The molecular weight excluding hydrogens is 471 g/mol. The summed E-state index contributed by atoms with van der Waals surface area (Å²) in [5.74, 6) is 0. The zero-order chi connectivity index (χ0) is 22.8. The van der Waals surface area contributed by atoms with Crippen molar-refractivity contribution in [2.75, 3.05) is 0 Å². The Hall–Kier alpha value is -2.66. The lowest BCUT2D eigenvalue weighted by Crippen LogP contribution is -2.20. The Morgan fingerprint density at radius 1 is 1.03 bits per heavy atom. The van der Waals surface area contributed by atoms with Crippen molar-refractivity contribution in [3.8, 4) is 10.4 Å². The minimum absolute atomic E-state index is 0.0136. The average molecular weight is 486 g/mol. The predicted molar refractivity (Wildman–Crippen MR) is 117 cm³/mol. The molecule has 3 rings (SSSR count). The highest BCUT2D eigenvalue weighted by atomic mass is 35.5. The van der Waals surface area contributed by atoms with Crippen molar-refractivity contribution < 1.29 is 21.6 Å². The van der Waals surface area contributed by atoms with Crippen LogP contribution in [0, 0.1) is 0 Å². The van der Waals surface area contributed by atoms with Crippen molar-refractivity contribution in [1.29, 1.82) is 0 Å². The highest BCUT2D eigenvalue weighted by molar-refractivity contribution is 7.89. The number of nitrogens with zero attached hydrogens (tertiary/aromatic N) is 1. The first-order valence-electron chi connectivity index (χ1n) is 8.56. The molecule has 162 valence electrons.